The van der Waals surface area contributed by atoms with Crippen LogP contribution >= 0.6 is 0 Å². The molecule has 0 radical (unpaired) electrons. The minimum atomic E-state index is 0.187. The lowest BCUT2D eigenvalue weighted by atomic mass is 9.85. The van der Waals surface area contributed by atoms with Gasteiger partial charge in [0.25, 0.3) is 0 Å². The topological polar surface area (TPSA) is 9.23 Å². The van der Waals surface area contributed by atoms with E-state index in [2.05, 4.69) is 45.5 Å². The second-order valence-corrected chi connectivity index (χ2v) is 5.29. The Labute approximate surface area is 91.8 Å². The van der Waals surface area contributed by atoms with Crippen molar-refractivity contribution in [3.63, 3.8) is 0 Å². The van der Waals surface area contributed by atoms with E-state index in [-0.39, 0.29) is 5.41 Å². The zero-order chi connectivity index (χ0) is 11.1. The fourth-order valence-electron chi connectivity index (χ4n) is 1.80. The molecular formula is C14H18O. The fraction of sp³-hybridized carbons (Fsp3) is 0.429. The molecule has 1 aliphatic heterocycles. The van der Waals surface area contributed by atoms with E-state index in [1.165, 1.54) is 11.1 Å². The van der Waals surface area contributed by atoms with E-state index in [1.54, 1.807) is 0 Å². The molecule has 2 rings (SSSR count). The summed E-state index contributed by atoms with van der Waals surface area (Å²) < 4.78 is 5.67. The molecule has 1 aliphatic rings. The van der Waals surface area contributed by atoms with Gasteiger partial charge in [0.2, 0.25) is 0 Å². The van der Waals surface area contributed by atoms with Gasteiger partial charge in [-0.25, -0.2) is 0 Å². The normalized spacial score (nSPS) is 15.8. The average Bonchev–Trinajstić information content (AvgIpc) is 2.15. The lowest BCUT2D eigenvalue weighted by molar-refractivity contribution is 0.331. The summed E-state index contributed by atoms with van der Waals surface area (Å²) in [6, 6.07) is 6.53. The van der Waals surface area contributed by atoms with Gasteiger partial charge in [0, 0.05) is 6.42 Å². The summed E-state index contributed by atoms with van der Waals surface area (Å²) in [5.41, 5.74) is 3.94. The van der Waals surface area contributed by atoms with E-state index < -0.39 is 0 Å². The molecule has 1 nitrogen and oxygen atoms in total. The third kappa shape index (κ3) is 2.06. The molecule has 0 aliphatic carbocycles. The molecule has 0 atom stereocenters. The standard InChI is InChI=1S/C14H18O/c1-10-7-11-5-6-12(14(2,3)4)8-13(11)15-9-10/h5-6,8H,1,7,9H2,2-4H3. The van der Waals surface area contributed by atoms with Crippen LogP contribution in [0.25, 0.3) is 0 Å². The van der Waals surface area contributed by atoms with E-state index in [1.807, 2.05) is 0 Å². The number of ether oxygens (including phenoxy) is 1. The van der Waals surface area contributed by atoms with Crippen molar-refractivity contribution in [3.05, 3.63) is 41.5 Å². The highest BCUT2D eigenvalue weighted by Gasteiger charge is 2.18. The molecule has 1 aromatic carbocycles. The average molecular weight is 202 g/mol. The molecule has 0 aromatic heterocycles. The molecular weight excluding hydrogens is 184 g/mol. The molecule has 0 bridgehead atoms. The van der Waals surface area contributed by atoms with E-state index in [9.17, 15) is 0 Å². The van der Waals surface area contributed by atoms with Crippen molar-refractivity contribution in [3.8, 4) is 5.75 Å². The summed E-state index contributed by atoms with van der Waals surface area (Å²) in [5.74, 6) is 1.04. The molecule has 0 saturated heterocycles. The minimum absolute atomic E-state index is 0.187. The largest absolute Gasteiger partial charge is 0.489 e. The van der Waals surface area contributed by atoms with Gasteiger partial charge in [-0.3, -0.25) is 0 Å². The van der Waals surface area contributed by atoms with Crippen LogP contribution in [0.5, 0.6) is 5.75 Å². The van der Waals surface area contributed by atoms with Crippen LogP contribution in [-0.2, 0) is 11.8 Å². The summed E-state index contributed by atoms with van der Waals surface area (Å²) in [6.07, 6.45) is 0.958. The fourth-order valence-corrected chi connectivity index (χ4v) is 1.80. The van der Waals surface area contributed by atoms with Gasteiger partial charge >= 0.3 is 0 Å². The van der Waals surface area contributed by atoms with Crippen LogP contribution in [0.15, 0.2) is 30.4 Å². The molecule has 0 unspecified atom stereocenters. The summed E-state index contributed by atoms with van der Waals surface area (Å²) >= 11 is 0. The second-order valence-electron chi connectivity index (χ2n) is 5.29. The lowest BCUT2D eigenvalue weighted by Gasteiger charge is -2.24. The van der Waals surface area contributed by atoms with Crippen LogP contribution in [-0.4, -0.2) is 6.61 Å². The third-order valence-corrected chi connectivity index (χ3v) is 2.81. The Bertz CT molecular complexity index is 396. The highest BCUT2D eigenvalue weighted by Crippen LogP contribution is 2.32. The quantitative estimate of drug-likeness (QED) is 0.585. The van der Waals surface area contributed by atoms with Crippen LogP contribution in [0, 0.1) is 0 Å². The SMILES string of the molecule is C=C1COc2cc(C(C)(C)C)ccc2C1. The predicted octanol–water partition coefficient (Wildman–Crippen LogP) is 3.48. The summed E-state index contributed by atoms with van der Waals surface area (Å²) in [7, 11) is 0. The van der Waals surface area contributed by atoms with Crippen molar-refractivity contribution in [1.29, 1.82) is 0 Å². The Kier molecular flexibility index (Phi) is 2.34. The Hall–Kier alpha value is -1.24. The van der Waals surface area contributed by atoms with Crippen molar-refractivity contribution in [2.45, 2.75) is 32.6 Å². The number of hydrogen-bond acceptors (Lipinski definition) is 1. The molecule has 0 saturated carbocycles. The molecule has 80 valence electrons. The van der Waals surface area contributed by atoms with Crippen molar-refractivity contribution in [2.24, 2.45) is 0 Å². The van der Waals surface area contributed by atoms with Gasteiger partial charge in [0.05, 0.1) is 0 Å². The maximum absolute atomic E-state index is 5.67. The van der Waals surface area contributed by atoms with Gasteiger partial charge in [-0.05, 0) is 28.2 Å². The van der Waals surface area contributed by atoms with Crippen LogP contribution in [0.1, 0.15) is 31.9 Å². The number of benzene rings is 1. The summed E-state index contributed by atoms with van der Waals surface area (Å²) in [4.78, 5) is 0. The maximum Gasteiger partial charge on any atom is 0.123 e. The molecule has 1 aromatic rings. The summed E-state index contributed by atoms with van der Waals surface area (Å²) in [6.45, 7) is 11.3. The van der Waals surface area contributed by atoms with Crippen LogP contribution < -0.4 is 4.74 Å². The Morgan fingerprint density at radius 1 is 1.27 bits per heavy atom. The van der Waals surface area contributed by atoms with Gasteiger partial charge in [0.1, 0.15) is 12.4 Å². The third-order valence-electron chi connectivity index (χ3n) is 2.81. The van der Waals surface area contributed by atoms with Crippen molar-refractivity contribution in [2.75, 3.05) is 6.61 Å². The van der Waals surface area contributed by atoms with Gasteiger partial charge < -0.3 is 4.74 Å². The molecule has 0 spiro atoms. The van der Waals surface area contributed by atoms with E-state index >= 15 is 0 Å². The van der Waals surface area contributed by atoms with Gasteiger partial charge in [0.15, 0.2) is 0 Å². The van der Waals surface area contributed by atoms with Crippen molar-refractivity contribution >= 4 is 0 Å². The predicted molar refractivity (Wildman–Crippen MR) is 63.5 cm³/mol. The molecule has 0 fully saturated rings. The van der Waals surface area contributed by atoms with Crippen LogP contribution in [0.3, 0.4) is 0 Å². The smallest absolute Gasteiger partial charge is 0.123 e. The minimum Gasteiger partial charge on any atom is -0.489 e. The van der Waals surface area contributed by atoms with Gasteiger partial charge in [-0.1, -0.05) is 39.5 Å². The van der Waals surface area contributed by atoms with E-state index in [4.69, 9.17) is 4.74 Å². The second kappa shape index (κ2) is 3.41. The van der Waals surface area contributed by atoms with Gasteiger partial charge in [-0.2, -0.15) is 0 Å². The Morgan fingerprint density at radius 3 is 2.67 bits per heavy atom. The highest BCUT2D eigenvalue weighted by atomic mass is 16.5. The van der Waals surface area contributed by atoms with Crippen molar-refractivity contribution < 1.29 is 4.74 Å². The lowest BCUT2D eigenvalue weighted by Crippen LogP contribution is -2.15. The summed E-state index contributed by atoms with van der Waals surface area (Å²) in [5, 5.41) is 0. The number of hydrogen-bond donors (Lipinski definition) is 0. The first-order chi connectivity index (χ1) is 6.97. The first kappa shape index (κ1) is 10.3. The van der Waals surface area contributed by atoms with E-state index in [0.717, 1.165) is 17.7 Å². The molecule has 0 amide bonds. The number of fused-ring (bicyclic) bond motifs is 1. The van der Waals surface area contributed by atoms with Crippen molar-refractivity contribution in [1.82, 2.24) is 0 Å². The highest BCUT2D eigenvalue weighted by molar-refractivity contribution is 5.43. The molecule has 15 heavy (non-hydrogen) atoms. The Morgan fingerprint density at radius 2 is 2.00 bits per heavy atom. The molecule has 1 heteroatoms. The van der Waals surface area contributed by atoms with E-state index in [0.29, 0.717) is 6.61 Å². The first-order valence-corrected chi connectivity index (χ1v) is 5.40. The van der Waals surface area contributed by atoms with Gasteiger partial charge in [-0.15, -0.1) is 0 Å². The first-order valence-electron chi connectivity index (χ1n) is 5.40. The van der Waals surface area contributed by atoms with Crippen LogP contribution in [0.4, 0.5) is 0 Å². The molecule has 1 heterocycles. The Balaban J connectivity index is 2.39. The zero-order valence-electron chi connectivity index (χ0n) is 9.76. The maximum atomic E-state index is 5.67. The monoisotopic (exact) mass is 202 g/mol. The molecule has 0 N–H and O–H groups in total. The zero-order valence-corrected chi connectivity index (χ0v) is 9.76. The number of rotatable bonds is 0. The van der Waals surface area contributed by atoms with Crippen LogP contribution in [0.2, 0.25) is 0 Å².